The number of hydrogen-bond acceptors (Lipinski definition) is 4. The summed E-state index contributed by atoms with van der Waals surface area (Å²) in [7, 11) is 0. The van der Waals surface area contributed by atoms with E-state index in [1.165, 1.54) is 5.56 Å². The minimum Gasteiger partial charge on any atom is -0.337 e. The first-order valence-electron chi connectivity index (χ1n) is 7.60. The maximum atomic E-state index is 12.6. The largest absolute Gasteiger partial charge is 0.337 e. The van der Waals surface area contributed by atoms with Gasteiger partial charge >= 0.3 is 0 Å². The first-order valence-corrected chi connectivity index (χ1v) is 7.60. The number of amides is 1. The summed E-state index contributed by atoms with van der Waals surface area (Å²) in [6.45, 7) is 5.30. The van der Waals surface area contributed by atoms with Gasteiger partial charge in [-0.3, -0.25) is 4.79 Å². The van der Waals surface area contributed by atoms with Crippen LogP contribution < -0.4 is 5.73 Å². The van der Waals surface area contributed by atoms with Crippen molar-refractivity contribution in [3.63, 3.8) is 0 Å². The van der Waals surface area contributed by atoms with Gasteiger partial charge in [-0.05, 0) is 38.8 Å². The maximum Gasteiger partial charge on any atom is 0.276 e. The third-order valence-electron chi connectivity index (χ3n) is 4.20. The second kappa shape index (κ2) is 5.88. The van der Waals surface area contributed by atoms with Crippen molar-refractivity contribution in [1.29, 1.82) is 0 Å². The standard InChI is InChI=1S/C16H21N5O/c1-11-3-5-14(6-4-11)21-12(2)15(18-19-21)16(22)20-9-7-13(17)8-10-20/h3-6,13H,7-10,17H2,1-2H3. The zero-order chi connectivity index (χ0) is 15.7. The lowest BCUT2D eigenvalue weighted by Gasteiger charge is -2.29. The lowest BCUT2D eigenvalue weighted by atomic mass is 10.1. The molecule has 0 spiro atoms. The Labute approximate surface area is 129 Å². The van der Waals surface area contributed by atoms with Crippen LogP contribution in [0.4, 0.5) is 0 Å². The van der Waals surface area contributed by atoms with Crippen molar-refractivity contribution in [3.05, 3.63) is 41.2 Å². The number of benzene rings is 1. The predicted octanol–water partition coefficient (Wildman–Crippen LogP) is 1.45. The molecule has 0 aliphatic carbocycles. The summed E-state index contributed by atoms with van der Waals surface area (Å²) >= 11 is 0. The normalized spacial score (nSPS) is 16.0. The van der Waals surface area contributed by atoms with Gasteiger partial charge in [0, 0.05) is 19.1 Å². The van der Waals surface area contributed by atoms with Crippen molar-refractivity contribution >= 4 is 5.91 Å². The number of likely N-dealkylation sites (tertiary alicyclic amines) is 1. The molecule has 2 heterocycles. The van der Waals surface area contributed by atoms with Crippen molar-refractivity contribution in [2.75, 3.05) is 13.1 Å². The van der Waals surface area contributed by atoms with E-state index in [9.17, 15) is 4.79 Å². The van der Waals surface area contributed by atoms with Gasteiger partial charge in [-0.25, -0.2) is 4.68 Å². The molecule has 1 fully saturated rings. The molecular formula is C16H21N5O. The summed E-state index contributed by atoms with van der Waals surface area (Å²) in [5, 5.41) is 8.24. The highest BCUT2D eigenvalue weighted by atomic mass is 16.2. The van der Waals surface area contributed by atoms with Crippen LogP contribution in [0.25, 0.3) is 5.69 Å². The predicted molar refractivity (Wildman–Crippen MR) is 83.9 cm³/mol. The van der Waals surface area contributed by atoms with E-state index in [4.69, 9.17) is 5.73 Å². The lowest BCUT2D eigenvalue weighted by Crippen LogP contribution is -2.43. The first kappa shape index (κ1) is 14.7. The monoisotopic (exact) mass is 299 g/mol. The number of rotatable bonds is 2. The van der Waals surface area contributed by atoms with Crippen molar-refractivity contribution in [3.8, 4) is 5.69 Å². The molecule has 0 unspecified atom stereocenters. The quantitative estimate of drug-likeness (QED) is 0.910. The van der Waals surface area contributed by atoms with Crippen molar-refractivity contribution < 1.29 is 4.79 Å². The number of aryl methyl sites for hydroxylation is 1. The van der Waals surface area contributed by atoms with Crippen LogP contribution in [0, 0.1) is 13.8 Å². The fourth-order valence-electron chi connectivity index (χ4n) is 2.71. The molecule has 0 bridgehead atoms. The zero-order valence-corrected chi connectivity index (χ0v) is 13.0. The van der Waals surface area contributed by atoms with Crippen LogP contribution in [0.5, 0.6) is 0 Å². The number of nitrogens with two attached hydrogens (primary N) is 1. The summed E-state index contributed by atoms with van der Waals surface area (Å²) in [5.41, 5.74) is 9.18. The third-order valence-corrected chi connectivity index (χ3v) is 4.20. The highest BCUT2D eigenvalue weighted by molar-refractivity contribution is 5.93. The summed E-state index contributed by atoms with van der Waals surface area (Å²) in [6, 6.07) is 8.19. The Kier molecular flexibility index (Phi) is 3.94. The highest BCUT2D eigenvalue weighted by Crippen LogP contribution is 2.17. The molecule has 6 heteroatoms. The van der Waals surface area contributed by atoms with Crippen molar-refractivity contribution in [2.24, 2.45) is 5.73 Å². The fraction of sp³-hybridized carbons (Fsp3) is 0.438. The second-order valence-corrected chi connectivity index (χ2v) is 5.90. The molecule has 22 heavy (non-hydrogen) atoms. The molecule has 0 saturated carbocycles. The summed E-state index contributed by atoms with van der Waals surface area (Å²) in [6.07, 6.45) is 1.69. The SMILES string of the molecule is Cc1ccc(-n2nnc(C(=O)N3CCC(N)CC3)c2C)cc1. The van der Waals surface area contributed by atoms with E-state index in [2.05, 4.69) is 10.3 Å². The van der Waals surface area contributed by atoms with E-state index >= 15 is 0 Å². The average molecular weight is 299 g/mol. The van der Waals surface area contributed by atoms with Gasteiger partial charge in [0.15, 0.2) is 5.69 Å². The van der Waals surface area contributed by atoms with Gasteiger partial charge < -0.3 is 10.6 Å². The maximum absolute atomic E-state index is 12.6. The van der Waals surface area contributed by atoms with E-state index in [1.807, 2.05) is 43.0 Å². The van der Waals surface area contributed by atoms with Gasteiger partial charge in [0.2, 0.25) is 0 Å². The van der Waals surface area contributed by atoms with E-state index < -0.39 is 0 Å². The molecule has 2 aromatic rings. The van der Waals surface area contributed by atoms with Gasteiger partial charge in [0.1, 0.15) is 0 Å². The van der Waals surface area contributed by atoms with Crippen LogP contribution in [-0.2, 0) is 0 Å². The summed E-state index contributed by atoms with van der Waals surface area (Å²) in [4.78, 5) is 14.4. The Morgan fingerprint density at radius 1 is 1.18 bits per heavy atom. The smallest absolute Gasteiger partial charge is 0.276 e. The van der Waals surface area contributed by atoms with Crippen molar-refractivity contribution in [1.82, 2.24) is 19.9 Å². The average Bonchev–Trinajstić information content (AvgIpc) is 2.90. The molecule has 1 saturated heterocycles. The molecular weight excluding hydrogens is 278 g/mol. The number of piperidine rings is 1. The Morgan fingerprint density at radius 3 is 2.45 bits per heavy atom. The van der Waals surface area contributed by atoms with Crippen LogP contribution in [0.15, 0.2) is 24.3 Å². The van der Waals surface area contributed by atoms with Crippen LogP contribution in [-0.4, -0.2) is 44.9 Å². The van der Waals surface area contributed by atoms with Gasteiger partial charge in [0.25, 0.3) is 5.91 Å². The van der Waals surface area contributed by atoms with Gasteiger partial charge in [-0.15, -0.1) is 5.10 Å². The number of carbonyl (C=O) groups excluding carboxylic acids is 1. The third kappa shape index (κ3) is 2.74. The highest BCUT2D eigenvalue weighted by Gasteiger charge is 2.26. The van der Waals surface area contributed by atoms with E-state index in [0.29, 0.717) is 18.8 Å². The van der Waals surface area contributed by atoms with E-state index in [1.54, 1.807) is 4.68 Å². The number of hydrogen-bond donors (Lipinski definition) is 1. The van der Waals surface area contributed by atoms with Crippen LogP contribution in [0.2, 0.25) is 0 Å². The van der Waals surface area contributed by atoms with E-state index in [-0.39, 0.29) is 11.9 Å². The fourth-order valence-corrected chi connectivity index (χ4v) is 2.71. The van der Waals surface area contributed by atoms with Crippen LogP contribution >= 0.6 is 0 Å². The molecule has 1 aromatic carbocycles. The number of aromatic nitrogens is 3. The topological polar surface area (TPSA) is 77.0 Å². The number of carbonyl (C=O) groups is 1. The zero-order valence-electron chi connectivity index (χ0n) is 13.0. The summed E-state index contributed by atoms with van der Waals surface area (Å²) < 4.78 is 1.71. The molecule has 1 aromatic heterocycles. The Bertz CT molecular complexity index is 668. The molecule has 1 amide bonds. The minimum atomic E-state index is -0.0530. The van der Waals surface area contributed by atoms with Crippen LogP contribution in [0.3, 0.4) is 0 Å². The van der Waals surface area contributed by atoms with Gasteiger partial charge in [0.05, 0.1) is 11.4 Å². The van der Waals surface area contributed by atoms with Gasteiger partial charge in [-0.1, -0.05) is 22.9 Å². The molecule has 0 atom stereocenters. The molecule has 2 N–H and O–H groups in total. The van der Waals surface area contributed by atoms with Crippen LogP contribution in [0.1, 0.15) is 34.6 Å². The molecule has 3 rings (SSSR count). The Morgan fingerprint density at radius 2 is 1.82 bits per heavy atom. The number of nitrogens with zero attached hydrogens (tertiary/aromatic N) is 4. The molecule has 1 aliphatic heterocycles. The van der Waals surface area contributed by atoms with Crippen molar-refractivity contribution in [2.45, 2.75) is 32.7 Å². The Hall–Kier alpha value is -2.21. The lowest BCUT2D eigenvalue weighted by molar-refractivity contribution is 0.0708. The van der Waals surface area contributed by atoms with Gasteiger partial charge in [-0.2, -0.15) is 0 Å². The molecule has 0 radical (unpaired) electrons. The second-order valence-electron chi connectivity index (χ2n) is 5.90. The summed E-state index contributed by atoms with van der Waals surface area (Å²) in [5.74, 6) is -0.0530. The molecule has 116 valence electrons. The molecule has 6 nitrogen and oxygen atoms in total. The van der Waals surface area contributed by atoms with E-state index in [0.717, 1.165) is 24.2 Å². The Balaban J connectivity index is 1.84. The minimum absolute atomic E-state index is 0.0530. The first-order chi connectivity index (χ1) is 10.6. The molecule has 1 aliphatic rings.